The SMILES string of the molecule is CCc1ncn(COCC[Si](C)(C)C)c1C. The molecule has 0 amide bonds. The summed E-state index contributed by atoms with van der Waals surface area (Å²) < 4.78 is 7.78. The van der Waals surface area contributed by atoms with Crippen molar-refractivity contribution in [3.05, 3.63) is 17.7 Å². The van der Waals surface area contributed by atoms with Gasteiger partial charge < -0.3 is 9.30 Å². The molecule has 4 heteroatoms. The molecule has 0 spiro atoms. The summed E-state index contributed by atoms with van der Waals surface area (Å²) in [6.45, 7) is 12.9. The molecule has 0 aromatic carbocycles. The minimum atomic E-state index is -0.961. The van der Waals surface area contributed by atoms with Gasteiger partial charge in [0.2, 0.25) is 0 Å². The van der Waals surface area contributed by atoms with E-state index < -0.39 is 8.07 Å². The molecule has 0 N–H and O–H groups in total. The highest BCUT2D eigenvalue weighted by Gasteiger charge is 2.12. The molecule has 0 unspecified atom stereocenters. The van der Waals surface area contributed by atoms with Crippen LogP contribution in [0.3, 0.4) is 0 Å². The third kappa shape index (κ3) is 4.10. The quantitative estimate of drug-likeness (QED) is 0.564. The van der Waals surface area contributed by atoms with Crippen molar-refractivity contribution in [1.82, 2.24) is 9.55 Å². The third-order valence-electron chi connectivity index (χ3n) is 2.76. The number of ether oxygens (including phenoxy) is 1. The molecular formula is C12H24N2OSi. The van der Waals surface area contributed by atoms with Crippen LogP contribution in [0.4, 0.5) is 0 Å². The summed E-state index contributed by atoms with van der Waals surface area (Å²) in [5.41, 5.74) is 2.41. The van der Waals surface area contributed by atoms with Gasteiger partial charge in [-0.1, -0.05) is 26.6 Å². The van der Waals surface area contributed by atoms with Gasteiger partial charge >= 0.3 is 0 Å². The van der Waals surface area contributed by atoms with Crippen molar-refractivity contribution < 1.29 is 4.74 Å². The second-order valence-electron chi connectivity index (χ2n) is 5.45. The smallest absolute Gasteiger partial charge is 0.123 e. The van der Waals surface area contributed by atoms with Crippen LogP contribution in [0.5, 0.6) is 0 Å². The summed E-state index contributed by atoms with van der Waals surface area (Å²) in [4.78, 5) is 4.35. The van der Waals surface area contributed by atoms with Gasteiger partial charge in [0.05, 0.1) is 12.0 Å². The van der Waals surface area contributed by atoms with E-state index in [1.165, 1.54) is 17.4 Å². The minimum Gasteiger partial charge on any atom is -0.361 e. The number of nitrogens with zero attached hydrogens (tertiary/aromatic N) is 2. The lowest BCUT2D eigenvalue weighted by atomic mass is 10.3. The Bertz CT molecular complexity index is 328. The van der Waals surface area contributed by atoms with Crippen LogP contribution >= 0.6 is 0 Å². The molecule has 0 bridgehead atoms. The lowest BCUT2D eigenvalue weighted by Crippen LogP contribution is -2.22. The highest BCUT2D eigenvalue weighted by molar-refractivity contribution is 6.76. The molecule has 0 saturated carbocycles. The molecule has 0 aliphatic heterocycles. The summed E-state index contributed by atoms with van der Waals surface area (Å²) in [5.74, 6) is 0. The first kappa shape index (κ1) is 13.5. The normalized spacial score (nSPS) is 12.1. The zero-order valence-corrected chi connectivity index (χ0v) is 12.2. The van der Waals surface area contributed by atoms with Crippen molar-refractivity contribution in [3.63, 3.8) is 0 Å². The molecule has 0 aliphatic rings. The average Bonchev–Trinajstić information content (AvgIpc) is 2.53. The fraction of sp³-hybridized carbons (Fsp3) is 0.750. The molecule has 3 nitrogen and oxygen atoms in total. The predicted octanol–water partition coefficient (Wildman–Crippen LogP) is 3.07. The molecule has 0 radical (unpaired) electrons. The van der Waals surface area contributed by atoms with Crippen LogP contribution < -0.4 is 0 Å². The van der Waals surface area contributed by atoms with Crippen LogP contribution in [0, 0.1) is 6.92 Å². The maximum absolute atomic E-state index is 5.69. The van der Waals surface area contributed by atoms with Gasteiger partial charge in [0.25, 0.3) is 0 Å². The largest absolute Gasteiger partial charge is 0.361 e. The van der Waals surface area contributed by atoms with Gasteiger partial charge in [0.1, 0.15) is 6.73 Å². The number of aryl methyl sites for hydroxylation is 1. The second kappa shape index (κ2) is 5.64. The van der Waals surface area contributed by atoms with E-state index in [1.807, 2.05) is 6.33 Å². The Hall–Kier alpha value is -0.613. The van der Waals surface area contributed by atoms with E-state index in [0.29, 0.717) is 6.73 Å². The summed E-state index contributed by atoms with van der Waals surface area (Å²) >= 11 is 0. The van der Waals surface area contributed by atoms with Gasteiger partial charge in [0, 0.05) is 20.4 Å². The van der Waals surface area contributed by atoms with E-state index in [9.17, 15) is 0 Å². The Kier molecular flexibility index (Phi) is 4.74. The van der Waals surface area contributed by atoms with Gasteiger partial charge in [-0.3, -0.25) is 0 Å². The van der Waals surface area contributed by atoms with E-state index in [-0.39, 0.29) is 0 Å². The first-order valence-electron chi connectivity index (χ1n) is 6.02. The zero-order valence-electron chi connectivity index (χ0n) is 11.2. The van der Waals surface area contributed by atoms with E-state index in [2.05, 4.69) is 43.0 Å². The molecule has 0 saturated heterocycles. The lowest BCUT2D eigenvalue weighted by molar-refractivity contribution is 0.0858. The summed E-state index contributed by atoms with van der Waals surface area (Å²) in [6.07, 6.45) is 2.87. The Labute approximate surface area is 99.8 Å². The van der Waals surface area contributed by atoms with Crippen LogP contribution in [-0.4, -0.2) is 24.2 Å². The van der Waals surface area contributed by atoms with E-state index in [1.54, 1.807) is 0 Å². The summed E-state index contributed by atoms with van der Waals surface area (Å²) in [5, 5.41) is 0. The van der Waals surface area contributed by atoms with Gasteiger partial charge in [-0.2, -0.15) is 0 Å². The van der Waals surface area contributed by atoms with Crippen LogP contribution in [0.25, 0.3) is 0 Å². The first-order chi connectivity index (χ1) is 7.44. The lowest BCUT2D eigenvalue weighted by Gasteiger charge is -2.15. The molecule has 92 valence electrons. The second-order valence-corrected chi connectivity index (χ2v) is 11.1. The zero-order chi connectivity index (χ0) is 12.2. The summed E-state index contributed by atoms with van der Waals surface area (Å²) in [7, 11) is -0.961. The number of imidazole rings is 1. The Morgan fingerprint density at radius 2 is 2.06 bits per heavy atom. The van der Waals surface area contributed by atoms with Crippen molar-refractivity contribution in [3.8, 4) is 0 Å². The first-order valence-corrected chi connectivity index (χ1v) is 9.73. The van der Waals surface area contributed by atoms with Crippen molar-refractivity contribution in [2.45, 2.75) is 52.7 Å². The molecule has 1 aromatic rings. The predicted molar refractivity (Wildman–Crippen MR) is 70.4 cm³/mol. The molecular weight excluding hydrogens is 216 g/mol. The maximum Gasteiger partial charge on any atom is 0.123 e. The van der Waals surface area contributed by atoms with Gasteiger partial charge in [-0.25, -0.2) is 4.98 Å². The van der Waals surface area contributed by atoms with Crippen LogP contribution in [0.2, 0.25) is 25.7 Å². The van der Waals surface area contributed by atoms with Crippen LogP contribution in [-0.2, 0) is 17.9 Å². The molecule has 1 aromatic heterocycles. The Balaban J connectivity index is 2.35. The van der Waals surface area contributed by atoms with E-state index >= 15 is 0 Å². The third-order valence-corrected chi connectivity index (χ3v) is 4.47. The van der Waals surface area contributed by atoms with Crippen molar-refractivity contribution in [2.75, 3.05) is 6.61 Å². The van der Waals surface area contributed by atoms with Gasteiger partial charge in [0.15, 0.2) is 0 Å². The molecule has 16 heavy (non-hydrogen) atoms. The molecule has 1 rings (SSSR count). The number of aromatic nitrogens is 2. The Morgan fingerprint density at radius 3 is 2.56 bits per heavy atom. The van der Waals surface area contributed by atoms with E-state index in [4.69, 9.17) is 4.74 Å². The highest BCUT2D eigenvalue weighted by atomic mass is 28.3. The fourth-order valence-corrected chi connectivity index (χ4v) is 2.26. The maximum atomic E-state index is 5.69. The number of hydrogen-bond acceptors (Lipinski definition) is 2. The standard InChI is InChI=1S/C12H24N2OSi/c1-6-12-11(2)14(9-13-12)10-15-7-8-16(3,4)5/h9H,6-8,10H2,1-5H3. The molecule has 1 heterocycles. The minimum absolute atomic E-state index is 0.642. The van der Waals surface area contributed by atoms with Crippen LogP contribution in [0.1, 0.15) is 18.3 Å². The fourth-order valence-electron chi connectivity index (χ4n) is 1.50. The van der Waals surface area contributed by atoms with E-state index in [0.717, 1.165) is 13.0 Å². The van der Waals surface area contributed by atoms with Gasteiger partial charge in [-0.05, 0) is 19.4 Å². The summed E-state index contributed by atoms with van der Waals surface area (Å²) in [6, 6.07) is 1.22. The number of hydrogen-bond donors (Lipinski definition) is 0. The van der Waals surface area contributed by atoms with Crippen molar-refractivity contribution in [2.24, 2.45) is 0 Å². The topological polar surface area (TPSA) is 27.1 Å². The monoisotopic (exact) mass is 240 g/mol. The van der Waals surface area contributed by atoms with Crippen LogP contribution in [0.15, 0.2) is 6.33 Å². The molecule has 0 fully saturated rings. The number of rotatable bonds is 6. The highest BCUT2D eigenvalue weighted by Crippen LogP contribution is 2.09. The molecule has 0 aliphatic carbocycles. The Morgan fingerprint density at radius 1 is 1.38 bits per heavy atom. The van der Waals surface area contributed by atoms with Crippen molar-refractivity contribution >= 4 is 8.07 Å². The molecule has 0 atom stereocenters. The van der Waals surface area contributed by atoms with Crippen molar-refractivity contribution in [1.29, 1.82) is 0 Å². The average molecular weight is 240 g/mol. The van der Waals surface area contributed by atoms with Gasteiger partial charge in [-0.15, -0.1) is 0 Å².